The molecule has 28 heavy (non-hydrogen) atoms. The van der Waals surface area contributed by atoms with Crippen molar-refractivity contribution in [1.82, 2.24) is 20.1 Å². The standard InChI is InChI=1S/C17H12Cl2F2N4O3/c18-11-5-10(6-12(19)14(11)26)25-8-23-15(24-25)16(27)22-7-9-3-1-2-4-13(9)28-17(20)21/h1-6,8,17,26H,7H2,(H,22,27). The number of halogens is 4. The molecule has 0 spiro atoms. The monoisotopic (exact) mass is 428 g/mol. The van der Waals surface area contributed by atoms with E-state index < -0.39 is 12.5 Å². The minimum atomic E-state index is -2.97. The number of alkyl halides is 2. The van der Waals surface area contributed by atoms with Crippen LogP contribution < -0.4 is 10.1 Å². The molecule has 0 bridgehead atoms. The van der Waals surface area contributed by atoms with E-state index in [1.54, 1.807) is 18.2 Å². The molecule has 0 fully saturated rings. The maximum atomic E-state index is 12.4. The Labute approximate surface area is 167 Å². The molecule has 1 heterocycles. The molecule has 0 saturated heterocycles. The third-order valence-corrected chi connectivity index (χ3v) is 4.17. The van der Waals surface area contributed by atoms with Crippen molar-refractivity contribution < 1.29 is 23.4 Å². The van der Waals surface area contributed by atoms with E-state index in [9.17, 15) is 18.7 Å². The number of amides is 1. The second-order valence-electron chi connectivity index (χ2n) is 5.44. The molecular weight excluding hydrogens is 417 g/mol. The van der Waals surface area contributed by atoms with Crippen LogP contribution in [0.3, 0.4) is 0 Å². The minimum absolute atomic E-state index is 0.0136. The fraction of sp³-hybridized carbons (Fsp3) is 0.118. The second-order valence-corrected chi connectivity index (χ2v) is 6.25. The summed E-state index contributed by atoms with van der Waals surface area (Å²) in [6.45, 7) is -3.04. The molecule has 2 aromatic carbocycles. The van der Waals surface area contributed by atoms with Gasteiger partial charge in [0.2, 0.25) is 5.82 Å². The largest absolute Gasteiger partial charge is 0.505 e. The maximum absolute atomic E-state index is 12.4. The van der Waals surface area contributed by atoms with Gasteiger partial charge in [-0.2, -0.15) is 8.78 Å². The van der Waals surface area contributed by atoms with E-state index in [4.69, 9.17) is 23.2 Å². The molecule has 0 saturated carbocycles. The van der Waals surface area contributed by atoms with Crippen LogP contribution in [0.2, 0.25) is 10.0 Å². The SMILES string of the molecule is O=C(NCc1ccccc1OC(F)F)c1ncn(-c2cc(Cl)c(O)c(Cl)c2)n1. The number of nitrogens with one attached hydrogen (secondary N) is 1. The summed E-state index contributed by atoms with van der Waals surface area (Å²) in [6.07, 6.45) is 1.27. The molecule has 0 atom stereocenters. The quantitative estimate of drug-likeness (QED) is 0.622. The Balaban J connectivity index is 1.72. The summed E-state index contributed by atoms with van der Waals surface area (Å²) < 4.78 is 30.5. The number of hydrogen-bond donors (Lipinski definition) is 2. The Hall–Kier alpha value is -2.91. The molecule has 3 rings (SSSR count). The predicted octanol–water partition coefficient (Wildman–Crippen LogP) is 3.81. The van der Waals surface area contributed by atoms with Crippen LogP contribution >= 0.6 is 23.2 Å². The van der Waals surface area contributed by atoms with Crippen molar-refractivity contribution in [1.29, 1.82) is 0 Å². The van der Waals surface area contributed by atoms with Gasteiger partial charge in [-0.05, 0) is 18.2 Å². The molecule has 11 heteroatoms. The van der Waals surface area contributed by atoms with Crippen LogP contribution in [0.5, 0.6) is 11.5 Å². The van der Waals surface area contributed by atoms with Gasteiger partial charge in [0.05, 0.1) is 15.7 Å². The highest BCUT2D eigenvalue weighted by Crippen LogP contribution is 2.33. The summed E-state index contributed by atoms with van der Waals surface area (Å²) in [7, 11) is 0. The fourth-order valence-electron chi connectivity index (χ4n) is 2.29. The van der Waals surface area contributed by atoms with E-state index in [0.29, 0.717) is 11.3 Å². The number of phenolic OH excluding ortho intramolecular Hbond substituents is 1. The zero-order valence-corrected chi connectivity index (χ0v) is 15.5. The molecule has 2 N–H and O–H groups in total. The highest BCUT2D eigenvalue weighted by atomic mass is 35.5. The summed E-state index contributed by atoms with van der Waals surface area (Å²) >= 11 is 11.7. The van der Waals surface area contributed by atoms with E-state index in [1.807, 2.05) is 0 Å². The Morgan fingerprint density at radius 3 is 2.61 bits per heavy atom. The highest BCUT2D eigenvalue weighted by Gasteiger charge is 2.15. The van der Waals surface area contributed by atoms with Crippen molar-refractivity contribution in [2.75, 3.05) is 0 Å². The summed E-state index contributed by atoms with van der Waals surface area (Å²) in [5.41, 5.74) is 0.753. The topological polar surface area (TPSA) is 89.3 Å². The van der Waals surface area contributed by atoms with Gasteiger partial charge in [-0.3, -0.25) is 4.79 Å². The number of para-hydroxylation sites is 1. The molecule has 0 aliphatic heterocycles. The zero-order valence-electron chi connectivity index (χ0n) is 13.9. The Morgan fingerprint density at radius 1 is 1.25 bits per heavy atom. The van der Waals surface area contributed by atoms with Gasteiger partial charge in [0.25, 0.3) is 5.91 Å². The van der Waals surface area contributed by atoms with Crippen molar-refractivity contribution in [2.45, 2.75) is 13.2 Å². The van der Waals surface area contributed by atoms with Crippen LogP contribution in [-0.4, -0.2) is 32.4 Å². The van der Waals surface area contributed by atoms with Crippen molar-refractivity contribution in [3.05, 3.63) is 64.2 Å². The normalized spacial score (nSPS) is 10.9. The first-order chi connectivity index (χ1) is 13.3. The number of aromatic hydroxyl groups is 1. The number of hydrogen-bond acceptors (Lipinski definition) is 5. The summed E-state index contributed by atoms with van der Waals surface area (Å²) in [5, 5.41) is 16.2. The van der Waals surface area contributed by atoms with Crippen molar-refractivity contribution >= 4 is 29.1 Å². The average Bonchev–Trinajstić information content (AvgIpc) is 3.14. The molecule has 0 aliphatic carbocycles. The number of nitrogens with zero attached hydrogens (tertiary/aromatic N) is 3. The number of benzene rings is 2. The lowest BCUT2D eigenvalue weighted by Crippen LogP contribution is -2.24. The maximum Gasteiger partial charge on any atom is 0.387 e. The van der Waals surface area contributed by atoms with Gasteiger partial charge in [0.1, 0.15) is 12.1 Å². The summed E-state index contributed by atoms with van der Waals surface area (Å²) in [4.78, 5) is 16.2. The third-order valence-electron chi connectivity index (χ3n) is 3.59. The van der Waals surface area contributed by atoms with E-state index in [2.05, 4.69) is 20.1 Å². The van der Waals surface area contributed by atoms with Gasteiger partial charge in [-0.1, -0.05) is 41.4 Å². The predicted molar refractivity (Wildman–Crippen MR) is 97.3 cm³/mol. The fourth-order valence-corrected chi connectivity index (χ4v) is 2.77. The molecule has 7 nitrogen and oxygen atoms in total. The van der Waals surface area contributed by atoms with Crippen LogP contribution in [0.15, 0.2) is 42.7 Å². The van der Waals surface area contributed by atoms with Crippen LogP contribution in [0, 0.1) is 0 Å². The molecule has 0 radical (unpaired) electrons. The number of rotatable bonds is 6. The Kier molecular flexibility index (Phi) is 5.96. The molecule has 1 aromatic heterocycles. The molecule has 146 valence electrons. The molecule has 1 amide bonds. The molecule has 3 aromatic rings. The van der Waals surface area contributed by atoms with E-state index >= 15 is 0 Å². The molecule has 0 aliphatic rings. The first kappa shape index (κ1) is 19.8. The van der Waals surface area contributed by atoms with Gasteiger partial charge in [0, 0.05) is 12.1 Å². The zero-order chi connectivity index (χ0) is 20.3. The minimum Gasteiger partial charge on any atom is -0.505 e. The lowest BCUT2D eigenvalue weighted by atomic mass is 10.2. The second kappa shape index (κ2) is 8.41. The lowest BCUT2D eigenvalue weighted by molar-refractivity contribution is -0.0504. The Bertz CT molecular complexity index is 991. The lowest BCUT2D eigenvalue weighted by Gasteiger charge is -2.10. The number of carbonyl (C=O) groups is 1. The smallest absolute Gasteiger partial charge is 0.387 e. The summed E-state index contributed by atoms with van der Waals surface area (Å²) in [5.74, 6) is -1.09. The van der Waals surface area contributed by atoms with Gasteiger partial charge < -0.3 is 15.2 Å². The highest BCUT2D eigenvalue weighted by molar-refractivity contribution is 6.37. The van der Waals surface area contributed by atoms with Crippen LogP contribution in [0.25, 0.3) is 5.69 Å². The third kappa shape index (κ3) is 4.49. The molecule has 0 unspecified atom stereocenters. The Morgan fingerprint density at radius 2 is 1.93 bits per heavy atom. The first-order valence-electron chi connectivity index (χ1n) is 7.76. The number of carbonyl (C=O) groups excluding carboxylic acids is 1. The average molecular weight is 429 g/mol. The van der Waals surface area contributed by atoms with Gasteiger partial charge >= 0.3 is 6.61 Å². The molecular formula is C17H12Cl2F2N4O3. The van der Waals surface area contributed by atoms with Gasteiger partial charge in [-0.15, -0.1) is 5.10 Å². The van der Waals surface area contributed by atoms with Crippen molar-refractivity contribution in [3.63, 3.8) is 0 Å². The number of aromatic nitrogens is 3. The van der Waals surface area contributed by atoms with Gasteiger partial charge in [0.15, 0.2) is 5.75 Å². The number of phenols is 1. The van der Waals surface area contributed by atoms with Crippen molar-refractivity contribution in [3.8, 4) is 17.2 Å². The van der Waals surface area contributed by atoms with E-state index in [0.717, 1.165) is 0 Å². The van der Waals surface area contributed by atoms with Crippen LogP contribution in [0.4, 0.5) is 8.78 Å². The van der Waals surface area contributed by atoms with E-state index in [-0.39, 0.29) is 33.9 Å². The first-order valence-corrected chi connectivity index (χ1v) is 8.51. The van der Waals surface area contributed by atoms with Crippen LogP contribution in [0.1, 0.15) is 16.2 Å². The van der Waals surface area contributed by atoms with Crippen molar-refractivity contribution in [2.24, 2.45) is 0 Å². The van der Waals surface area contributed by atoms with Crippen LogP contribution in [-0.2, 0) is 6.54 Å². The van der Waals surface area contributed by atoms with E-state index in [1.165, 1.54) is 29.2 Å². The number of ether oxygens (including phenoxy) is 1. The summed E-state index contributed by atoms with van der Waals surface area (Å²) in [6, 6.07) is 8.89. The van der Waals surface area contributed by atoms with Gasteiger partial charge in [-0.25, -0.2) is 9.67 Å².